The summed E-state index contributed by atoms with van der Waals surface area (Å²) in [5, 5.41) is 0. The summed E-state index contributed by atoms with van der Waals surface area (Å²) in [6.07, 6.45) is 1.83. The van der Waals surface area contributed by atoms with Gasteiger partial charge in [0.15, 0.2) is 4.80 Å². The molecule has 1 aromatic heterocycles. The molecule has 4 rings (SSSR count). The van der Waals surface area contributed by atoms with Gasteiger partial charge in [-0.15, -0.1) is 0 Å². The average Bonchev–Trinajstić information content (AvgIpc) is 3.09. The number of esters is 2. The summed E-state index contributed by atoms with van der Waals surface area (Å²) in [5.74, 6) is -0.577. The standard InChI is InChI=1S/C26H24N2O5S/c1-5-32-25(31)22-16(3)27-26-28(23(22)19-10-12-20(13-11-19)33-17(4)29)24(30)21(34-26)14-18-8-6-15(2)7-9-18/h6-14,23H,5H2,1-4H3/b21-14+/t23-/m0/s1. The quantitative estimate of drug-likeness (QED) is 0.417. The van der Waals surface area contributed by atoms with Crippen molar-refractivity contribution >= 4 is 29.4 Å². The van der Waals surface area contributed by atoms with Crippen molar-refractivity contribution in [2.45, 2.75) is 33.7 Å². The number of ether oxygens (including phenoxy) is 2. The Hall–Kier alpha value is -3.78. The lowest BCUT2D eigenvalue weighted by Crippen LogP contribution is -2.39. The minimum absolute atomic E-state index is 0.200. The number of nitrogens with zero attached hydrogens (tertiary/aromatic N) is 2. The SMILES string of the molecule is CCOC(=O)C1=C(C)N=c2s/c(=C/c3ccc(C)cc3)c(=O)n2[C@H]1c1ccc(OC(C)=O)cc1. The molecule has 2 aromatic carbocycles. The maximum absolute atomic E-state index is 13.6. The fourth-order valence-corrected chi connectivity index (χ4v) is 4.85. The van der Waals surface area contributed by atoms with Gasteiger partial charge in [0.1, 0.15) is 5.75 Å². The maximum Gasteiger partial charge on any atom is 0.338 e. The summed E-state index contributed by atoms with van der Waals surface area (Å²) in [7, 11) is 0. The van der Waals surface area contributed by atoms with E-state index in [-0.39, 0.29) is 12.2 Å². The molecule has 34 heavy (non-hydrogen) atoms. The monoisotopic (exact) mass is 476 g/mol. The number of carbonyl (C=O) groups excluding carboxylic acids is 2. The molecule has 1 atom stereocenters. The van der Waals surface area contributed by atoms with E-state index < -0.39 is 18.0 Å². The first-order valence-corrected chi connectivity index (χ1v) is 11.6. The van der Waals surface area contributed by atoms with Crippen LogP contribution < -0.4 is 19.6 Å². The number of rotatable bonds is 5. The number of carbonyl (C=O) groups is 2. The third-order valence-corrected chi connectivity index (χ3v) is 6.33. The van der Waals surface area contributed by atoms with Gasteiger partial charge < -0.3 is 9.47 Å². The van der Waals surface area contributed by atoms with Gasteiger partial charge in [0.25, 0.3) is 5.56 Å². The Morgan fingerprint density at radius 2 is 1.76 bits per heavy atom. The number of aryl methyl sites for hydroxylation is 1. The first-order valence-electron chi connectivity index (χ1n) is 10.8. The molecule has 7 nitrogen and oxygen atoms in total. The van der Waals surface area contributed by atoms with Crippen LogP contribution in [0.25, 0.3) is 6.08 Å². The molecule has 0 fully saturated rings. The zero-order chi connectivity index (χ0) is 24.4. The van der Waals surface area contributed by atoms with Crippen LogP contribution in [0.5, 0.6) is 5.75 Å². The largest absolute Gasteiger partial charge is 0.463 e. The summed E-state index contributed by atoms with van der Waals surface area (Å²) < 4.78 is 12.5. The van der Waals surface area contributed by atoms with Crippen molar-refractivity contribution in [1.82, 2.24) is 4.57 Å². The molecule has 8 heteroatoms. The molecular formula is C26H24N2O5S. The molecule has 0 unspecified atom stereocenters. The number of benzene rings is 2. The predicted molar refractivity (Wildman–Crippen MR) is 129 cm³/mol. The lowest BCUT2D eigenvalue weighted by molar-refractivity contribution is -0.139. The van der Waals surface area contributed by atoms with Gasteiger partial charge in [0.2, 0.25) is 0 Å². The lowest BCUT2D eigenvalue weighted by atomic mass is 9.96. The number of hydrogen-bond acceptors (Lipinski definition) is 7. The maximum atomic E-state index is 13.6. The number of allylic oxidation sites excluding steroid dienone is 1. The second-order valence-electron chi connectivity index (χ2n) is 7.88. The molecule has 0 saturated heterocycles. The van der Waals surface area contributed by atoms with Crippen molar-refractivity contribution in [2.24, 2.45) is 4.99 Å². The van der Waals surface area contributed by atoms with E-state index in [4.69, 9.17) is 9.47 Å². The summed E-state index contributed by atoms with van der Waals surface area (Å²) in [6.45, 7) is 7.00. The van der Waals surface area contributed by atoms with Gasteiger partial charge in [0.05, 0.1) is 28.5 Å². The summed E-state index contributed by atoms with van der Waals surface area (Å²) >= 11 is 1.27. The first kappa shape index (κ1) is 23.4. The molecule has 0 spiro atoms. The Morgan fingerprint density at radius 1 is 1.09 bits per heavy atom. The number of hydrogen-bond donors (Lipinski definition) is 0. The van der Waals surface area contributed by atoms with Crippen LogP contribution in [-0.4, -0.2) is 23.1 Å². The van der Waals surface area contributed by atoms with Crippen molar-refractivity contribution in [3.05, 3.63) is 96.2 Å². The highest BCUT2D eigenvalue weighted by Crippen LogP contribution is 2.31. The third-order valence-electron chi connectivity index (χ3n) is 5.35. The fourth-order valence-electron chi connectivity index (χ4n) is 3.81. The topological polar surface area (TPSA) is 87.0 Å². The van der Waals surface area contributed by atoms with Gasteiger partial charge in [-0.05, 0) is 50.1 Å². The van der Waals surface area contributed by atoms with Gasteiger partial charge in [-0.1, -0.05) is 53.3 Å². The summed E-state index contributed by atoms with van der Waals surface area (Å²) in [6, 6.07) is 13.9. The van der Waals surface area contributed by atoms with Crippen LogP contribution in [0.1, 0.15) is 43.5 Å². The van der Waals surface area contributed by atoms with Crippen LogP contribution in [0, 0.1) is 6.92 Å². The highest BCUT2D eigenvalue weighted by molar-refractivity contribution is 7.07. The van der Waals surface area contributed by atoms with Crippen molar-refractivity contribution in [3.63, 3.8) is 0 Å². The molecule has 3 aromatic rings. The summed E-state index contributed by atoms with van der Waals surface area (Å²) in [4.78, 5) is 42.8. The van der Waals surface area contributed by atoms with Crippen LogP contribution >= 0.6 is 11.3 Å². The minimum Gasteiger partial charge on any atom is -0.463 e. The van der Waals surface area contributed by atoms with Crippen LogP contribution in [0.2, 0.25) is 0 Å². The Labute approximate surface area is 200 Å². The van der Waals surface area contributed by atoms with Crippen molar-refractivity contribution in [2.75, 3.05) is 6.61 Å². The van der Waals surface area contributed by atoms with Crippen LogP contribution in [-0.2, 0) is 14.3 Å². The van der Waals surface area contributed by atoms with Crippen molar-refractivity contribution in [1.29, 1.82) is 0 Å². The summed E-state index contributed by atoms with van der Waals surface area (Å²) in [5.41, 5.74) is 3.26. The smallest absolute Gasteiger partial charge is 0.338 e. The van der Waals surface area contributed by atoms with E-state index in [9.17, 15) is 14.4 Å². The highest BCUT2D eigenvalue weighted by atomic mass is 32.1. The van der Waals surface area contributed by atoms with Gasteiger partial charge in [-0.2, -0.15) is 0 Å². The molecule has 0 N–H and O–H groups in total. The van der Waals surface area contributed by atoms with E-state index in [1.165, 1.54) is 22.8 Å². The highest BCUT2D eigenvalue weighted by Gasteiger charge is 2.33. The Bertz CT molecular complexity index is 1460. The zero-order valence-corrected chi connectivity index (χ0v) is 20.1. The van der Waals surface area contributed by atoms with Crippen LogP contribution in [0.3, 0.4) is 0 Å². The molecule has 0 radical (unpaired) electrons. The second-order valence-corrected chi connectivity index (χ2v) is 8.88. The van der Waals surface area contributed by atoms with E-state index in [2.05, 4.69) is 4.99 Å². The zero-order valence-electron chi connectivity index (χ0n) is 19.3. The van der Waals surface area contributed by atoms with Gasteiger partial charge >= 0.3 is 11.9 Å². The van der Waals surface area contributed by atoms with E-state index in [0.29, 0.717) is 31.9 Å². The number of fused-ring (bicyclic) bond motifs is 1. The molecule has 1 aliphatic heterocycles. The molecule has 0 amide bonds. The molecule has 0 bridgehead atoms. The van der Waals surface area contributed by atoms with Gasteiger partial charge in [0, 0.05) is 6.92 Å². The molecule has 1 aliphatic rings. The van der Waals surface area contributed by atoms with Crippen molar-refractivity contribution in [3.8, 4) is 5.75 Å². The Kier molecular flexibility index (Phi) is 6.61. The third kappa shape index (κ3) is 4.63. The van der Waals surface area contributed by atoms with Crippen LogP contribution in [0.4, 0.5) is 0 Å². The second kappa shape index (κ2) is 9.61. The molecule has 2 heterocycles. The average molecular weight is 477 g/mol. The van der Waals surface area contributed by atoms with E-state index in [1.807, 2.05) is 37.3 Å². The van der Waals surface area contributed by atoms with E-state index in [1.54, 1.807) is 38.1 Å². The predicted octanol–water partition coefficient (Wildman–Crippen LogP) is 3.03. The first-order chi connectivity index (χ1) is 16.3. The molecule has 0 aliphatic carbocycles. The Morgan fingerprint density at radius 3 is 2.38 bits per heavy atom. The molecule has 174 valence electrons. The van der Waals surface area contributed by atoms with Gasteiger partial charge in [-0.3, -0.25) is 14.2 Å². The van der Waals surface area contributed by atoms with E-state index >= 15 is 0 Å². The minimum atomic E-state index is -0.721. The normalized spacial score (nSPS) is 15.5. The lowest BCUT2D eigenvalue weighted by Gasteiger charge is -2.24. The fraction of sp³-hybridized carbons (Fsp3) is 0.231. The van der Waals surface area contributed by atoms with Gasteiger partial charge in [-0.25, -0.2) is 9.79 Å². The molecular weight excluding hydrogens is 452 g/mol. The Balaban J connectivity index is 1.89. The van der Waals surface area contributed by atoms with Crippen molar-refractivity contribution < 1.29 is 19.1 Å². The molecule has 0 saturated carbocycles. The van der Waals surface area contributed by atoms with E-state index in [0.717, 1.165) is 11.1 Å². The number of thiazole rings is 1. The van der Waals surface area contributed by atoms with Crippen LogP contribution in [0.15, 0.2) is 69.6 Å². The number of aromatic nitrogens is 1.